The van der Waals surface area contributed by atoms with E-state index in [0.29, 0.717) is 23.7 Å². The minimum absolute atomic E-state index is 0.155. The highest BCUT2D eigenvalue weighted by atomic mass is 16.3. The van der Waals surface area contributed by atoms with Crippen molar-refractivity contribution in [3.8, 4) is 0 Å². The third-order valence-electron chi connectivity index (χ3n) is 4.67. The van der Waals surface area contributed by atoms with Gasteiger partial charge in [0.05, 0.1) is 23.3 Å². The van der Waals surface area contributed by atoms with Crippen LogP contribution in [0.2, 0.25) is 0 Å². The molecule has 0 aliphatic rings. The first-order chi connectivity index (χ1) is 13.5. The lowest BCUT2D eigenvalue weighted by Crippen LogP contribution is -2.26. The molecular formula is C21H22N4O3. The lowest BCUT2D eigenvalue weighted by atomic mass is 10.2. The van der Waals surface area contributed by atoms with E-state index in [4.69, 9.17) is 4.42 Å². The first kappa shape index (κ1) is 18.0. The number of benzene rings is 1. The van der Waals surface area contributed by atoms with Crippen LogP contribution in [0.25, 0.3) is 16.6 Å². The molecule has 3 heterocycles. The van der Waals surface area contributed by atoms with Crippen LogP contribution in [0.15, 0.2) is 57.9 Å². The van der Waals surface area contributed by atoms with Gasteiger partial charge in [-0.05, 0) is 37.1 Å². The van der Waals surface area contributed by atoms with Gasteiger partial charge in [0.1, 0.15) is 11.3 Å². The van der Waals surface area contributed by atoms with E-state index < -0.39 is 0 Å². The van der Waals surface area contributed by atoms with Gasteiger partial charge in [-0.2, -0.15) is 5.10 Å². The first-order valence-electron chi connectivity index (χ1n) is 9.31. The number of furan rings is 1. The van der Waals surface area contributed by atoms with E-state index in [-0.39, 0.29) is 23.2 Å². The lowest BCUT2D eigenvalue weighted by Gasteiger charge is -2.13. The summed E-state index contributed by atoms with van der Waals surface area (Å²) in [5.74, 6) is 0.608. The molecule has 4 rings (SSSR count). The molecule has 0 saturated heterocycles. The van der Waals surface area contributed by atoms with Crippen molar-refractivity contribution in [2.75, 3.05) is 0 Å². The standard InChI is InChI=1S/C21H22N4O3/c1-13(2)12-24-16-7-4-5-8-17(16)25-18(21(24)27)11-15(23-25)20(26)22-14(3)19-9-6-10-28-19/h4-11,13-14H,12H2,1-3H3,(H,22,26)/t14-/m1/s1. The summed E-state index contributed by atoms with van der Waals surface area (Å²) in [6, 6.07) is 12.4. The van der Waals surface area contributed by atoms with Crippen LogP contribution >= 0.6 is 0 Å². The number of nitrogens with zero attached hydrogens (tertiary/aromatic N) is 3. The highest BCUT2D eigenvalue weighted by Gasteiger charge is 2.19. The predicted octanol–water partition coefficient (Wildman–Crippen LogP) is 3.39. The number of nitrogens with one attached hydrogen (secondary N) is 1. The fraction of sp³-hybridized carbons (Fsp3) is 0.286. The van der Waals surface area contributed by atoms with Crippen molar-refractivity contribution in [1.82, 2.24) is 19.5 Å². The smallest absolute Gasteiger partial charge is 0.277 e. The Balaban J connectivity index is 1.80. The summed E-state index contributed by atoms with van der Waals surface area (Å²) in [6.07, 6.45) is 1.56. The molecule has 0 aliphatic carbocycles. The highest BCUT2D eigenvalue weighted by Crippen LogP contribution is 2.17. The molecule has 0 radical (unpaired) electrons. The number of carbonyl (C=O) groups is 1. The maximum absolute atomic E-state index is 13.1. The number of amides is 1. The van der Waals surface area contributed by atoms with Crippen LogP contribution in [-0.4, -0.2) is 20.1 Å². The van der Waals surface area contributed by atoms with Gasteiger partial charge in [-0.1, -0.05) is 26.0 Å². The van der Waals surface area contributed by atoms with Crippen LogP contribution in [-0.2, 0) is 6.54 Å². The van der Waals surface area contributed by atoms with Gasteiger partial charge in [0.25, 0.3) is 11.5 Å². The van der Waals surface area contributed by atoms with Crippen LogP contribution in [0.5, 0.6) is 0 Å². The van der Waals surface area contributed by atoms with Crippen molar-refractivity contribution >= 4 is 22.5 Å². The second kappa shape index (κ2) is 6.99. The Kier molecular flexibility index (Phi) is 4.50. The van der Waals surface area contributed by atoms with Crippen LogP contribution in [0, 0.1) is 5.92 Å². The van der Waals surface area contributed by atoms with Gasteiger partial charge in [0.15, 0.2) is 5.69 Å². The molecule has 0 fully saturated rings. The summed E-state index contributed by atoms with van der Waals surface area (Å²) in [6.45, 7) is 6.56. The molecule has 1 N–H and O–H groups in total. The van der Waals surface area contributed by atoms with Crippen molar-refractivity contribution in [3.05, 3.63) is 70.5 Å². The summed E-state index contributed by atoms with van der Waals surface area (Å²) in [5.41, 5.74) is 2.01. The quantitative estimate of drug-likeness (QED) is 0.577. The van der Waals surface area contributed by atoms with E-state index in [1.807, 2.05) is 31.2 Å². The van der Waals surface area contributed by atoms with E-state index in [9.17, 15) is 9.59 Å². The Morgan fingerprint density at radius 2 is 1.86 bits per heavy atom. The van der Waals surface area contributed by atoms with E-state index in [2.05, 4.69) is 24.3 Å². The molecule has 3 aromatic heterocycles. The first-order valence-corrected chi connectivity index (χ1v) is 9.31. The second-order valence-corrected chi connectivity index (χ2v) is 7.34. The average molecular weight is 378 g/mol. The summed E-state index contributed by atoms with van der Waals surface area (Å²) >= 11 is 0. The van der Waals surface area contributed by atoms with Crippen LogP contribution in [0.4, 0.5) is 0 Å². The molecule has 28 heavy (non-hydrogen) atoms. The second-order valence-electron chi connectivity index (χ2n) is 7.34. The van der Waals surface area contributed by atoms with Gasteiger partial charge < -0.3 is 14.3 Å². The van der Waals surface area contributed by atoms with E-state index in [0.717, 1.165) is 11.0 Å². The van der Waals surface area contributed by atoms with Crippen molar-refractivity contribution in [1.29, 1.82) is 0 Å². The maximum Gasteiger partial charge on any atom is 0.277 e. The summed E-state index contributed by atoms with van der Waals surface area (Å²) in [7, 11) is 0. The molecular weight excluding hydrogens is 356 g/mol. The van der Waals surface area contributed by atoms with Crippen molar-refractivity contribution in [3.63, 3.8) is 0 Å². The van der Waals surface area contributed by atoms with Crippen LogP contribution < -0.4 is 10.9 Å². The molecule has 0 aliphatic heterocycles. The highest BCUT2D eigenvalue weighted by molar-refractivity contribution is 5.94. The number of para-hydroxylation sites is 2. The molecule has 7 nitrogen and oxygen atoms in total. The van der Waals surface area contributed by atoms with Gasteiger partial charge >= 0.3 is 0 Å². The van der Waals surface area contributed by atoms with Gasteiger partial charge in [-0.3, -0.25) is 9.59 Å². The predicted molar refractivity (Wildman–Crippen MR) is 106 cm³/mol. The van der Waals surface area contributed by atoms with Gasteiger partial charge in [-0.15, -0.1) is 0 Å². The number of hydrogen-bond acceptors (Lipinski definition) is 4. The van der Waals surface area contributed by atoms with Gasteiger partial charge in [0.2, 0.25) is 0 Å². The molecule has 1 amide bonds. The average Bonchev–Trinajstić information content (AvgIpc) is 3.35. The molecule has 4 aromatic rings. The Morgan fingerprint density at radius 3 is 2.54 bits per heavy atom. The fourth-order valence-corrected chi connectivity index (χ4v) is 3.37. The monoisotopic (exact) mass is 378 g/mol. The lowest BCUT2D eigenvalue weighted by molar-refractivity contribution is 0.0930. The van der Waals surface area contributed by atoms with Crippen LogP contribution in [0.1, 0.15) is 43.1 Å². The molecule has 0 unspecified atom stereocenters. The largest absolute Gasteiger partial charge is 0.467 e. The SMILES string of the molecule is CC(C)Cn1c(=O)c2cc(C(=O)N[C@H](C)c3ccco3)nn2c2ccccc21. The Hall–Kier alpha value is -3.35. The number of carbonyl (C=O) groups excluding carboxylic acids is 1. The minimum atomic E-state index is -0.355. The fourth-order valence-electron chi connectivity index (χ4n) is 3.37. The zero-order valence-electron chi connectivity index (χ0n) is 16.0. The molecule has 0 bridgehead atoms. The van der Waals surface area contributed by atoms with Crippen molar-refractivity contribution < 1.29 is 9.21 Å². The minimum Gasteiger partial charge on any atom is -0.467 e. The van der Waals surface area contributed by atoms with E-state index in [1.165, 1.54) is 0 Å². The van der Waals surface area contributed by atoms with Gasteiger partial charge in [0, 0.05) is 12.6 Å². The zero-order chi connectivity index (χ0) is 19.8. The number of rotatable bonds is 5. The number of fused-ring (bicyclic) bond motifs is 3. The topological polar surface area (TPSA) is 81.5 Å². The summed E-state index contributed by atoms with van der Waals surface area (Å²) in [5, 5.41) is 7.27. The van der Waals surface area contributed by atoms with Gasteiger partial charge in [-0.25, -0.2) is 4.52 Å². The van der Waals surface area contributed by atoms with Crippen LogP contribution in [0.3, 0.4) is 0 Å². The molecule has 1 atom stereocenters. The Bertz CT molecular complexity index is 1200. The van der Waals surface area contributed by atoms with E-state index in [1.54, 1.807) is 33.5 Å². The molecule has 0 saturated carbocycles. The van der Waals surface area contributed by atoms with E-state index >= 15 is 0 Å². The Labute approximate surface area is 161 Å². The molecule has 0 spiro atoms. The van der Waals surface area contributed by atoms with Crippen molar-refractivity contribution in [2.45, 2.75) is 33.4 Å². The third-order valence-corrected chi connectivity index (χ3v) is 4.67. The Morgan fingerprint density at radius 1 is 1.11 bits per heavy atom. The number of aromatic nitrogens is 3. The third kappa shape index (κ3) is 3.09. The maximum atomic E-state index is 13.1. The number of hydrogen-bond donors (Lipinski definition) is 1. The zero-order valence-corrected chi connectivity index (χ0v) is 16.0. The summed E-state index contributed by atoms with van der Waals surface area (Å²) < 4.78 is 8.64. The normalized spacial score (nSPS) is 12.7. The molecule has 7 heteroatoms. The summed E-state index contributed by atoms with van der Waals surface area (Å²) in [4.78, 5) is 25.8. The molecule has 1 aromatic carbocycles. The molecule has 144 valence electrons. The van der Waals surface area contributed by atoms with Crippen molar-refractivity contribution in [2.24, 2.45) is 5.92 Å².